The van der Waals surface area contributed by atoms with Gasteiger partial charge in [0.1, 0.15) is 0 Å². The summed E-state index contributed by atoms with van der Waals surface area (Å²) in [4.78, 5) is 0. The fourth-order valence-corrected chi connectivity index (χ4v) is 1.54. The highest BCUT2D eigenvalue weighted by atomic mass is 19.4. The van der Waals surface area contributed by atoms with Crippen molar-refractivity contribution in [2.75, 3.05) is 0 Å². The van der Waals surface area contributed by atoms with E-state index >= 15 is 0 Å². The van der Waals surface area contributed by atoms with E-state index in [1.54, 1.807) is 0 Å². The predicted octanol–water partition coefficient (Wildman–Crippen LogP) is 4.64. The van der Waals surface area contributed by atoms with Crippen molar-refractivity contribution < 1.29 is 22.0 Å². The Morgan fingerprint density at radius 1 is 0.824 bits per heavy atom. The fraction of sp³-hybridized carbons (Fsp3) is 0.0833. The van der Waals surface area contributed by atoms with E-state index in [-0.39, 0.29) is 10.9 Å². The summed E-state index contributed by atoms with van der Waals surface area (Å²) in [5.41, 5.74) is -1.07. The Morgan fingerprint density at radius 3 is 2.00 bits per heavy atom. The van der Waals surface area contributed by atoms with Crippen LogP contribution in [-0.4, -0.2) is 0 Å². The molecule has 2 aromatic rings. The first kappa shape index (κ1) is 11.8. The first-order chi connectivity index (χ1) is 7.88. The van der Waals surface area contributed by atoms with Crippen LogP contribution in [0.1, 0.15) is 11.1 Å². The Kier molecular flexibility index (Phi) is 2.77. The molecule has 0 N–H and O–H groups in total. The first-order valence-electron chi connectivity index (χ1n) is 4.67. The highest BCUT2D eigenvalue weighted by molar-refractivity contribution is 5.84. The maximum Gasteiger partial charge on any atom is 0.416 e. The molecule has 17 heavy (non-hydrogen) atoms. The van der Waals surface area contributed by atoms with E-state index in [1.807, 2.05) is 0 Å². The molecule has 0 nitrogen and oxygen atoms in total. The molecule has 0 aliphatic rings. The molecule has 0 fully saturated rings. The summed E-state index contributed by atoms with van der Waals surface area (Å²) >= 11 is 0. The highest BCUT2D eigenvalue weighted by Gasteiger charge is 2.30. The van der Waals surface area contributed by atoms with Crippen molar-refractivity contribution in [3.8, 4) is 0 Å². The minimum atomic E-state index is -4.43. The van der Waals surface area contributed by atoms with Crippen LogP contribution in [0.3, 0.4) is 0 Å². The second-order valence-corrected chi connectivity index (χ2v) is 3.53. The topological polar surface area (TPSA) is 0 Å². The number of alkyl halides is 3. The molecule has 0 atom stereocenters. The van der Waals surface area contributed by atoms with Gasteiger partial charge in [0.05, 0.1) is 5.56 Å². The van der Waals surface area contributed by atoms with Gasteiger partial charge in [0.2, 0.25) is 0 Å². The minimum Gasteiger partial charge on any atom is -0.194 e. The second-order valence-electron chi connectivity index (χ2n) is 3.53. The molecule has 0 aromatic heterocycles. The first-order valence-corrected chi connectivity index (χ1v) is 4.67. The lowest BCUT2D eigenvalue weighted by Gasteiger charge is -2.08. The van der Waals surface area contributed by atoms with E-state index < -0.39 is 18.2 Å². The van der Waals surface area contributed by atoms with Gasteiger partial charge in [0, 0.05) is 5.56 Å². The summed E-state index contributed by atoms with van der Waals surface area (Å²) < 4.78 is 61.8. The van der Waals surface area contributed by atoms with E-state index in [0.717, 1.165) is 24.3 Å². The van der Waals surface area contributed by atoms with Gasteiger partial charge in [-0.3, -0.25) is 0 Å². The number of halogens is 5. The van der Waals surface area contributed by atoms with Crippen molar-refractivity contribution in [3.63, 3.8) is 0 Å². The van der Waals surface area contributed by atoms with Crippen molar-refractivity contribution in [2.24, 2.45) is 0 Å². The molecule has 2 rings (SSSR count). The zero-order valence-corrected chi connectivity index (χ0v) is 8.35. The van der Waals surface area contributed by atoms with Crippen LogP contribution in [0.5, 0.6) is 0 Å². The van der Waals surface area contributed by atoms with Gasteiger partial charge in [-0.25, -0.2) is 0 Å². The van der Waals surface area contributed by atoms with Crippen LogP contribution in [0.15, 0.2) is 36.4 Å². The smallest absolute Gasteiger partial charge is 0.194 e. The quantitative estimate of drug-likeness (QED) is 0.642. The molecule has 0 heterocycles. The van der Waals surface area contributed by atoms with Crippen LogP contribution >= 0.6 is 0 Å². The standard InChI is InChI=1S/C12H6F5/c13-11(14)9-2-1-8-6-10(12(15,16)17)4-3-7(8)5-9/h1-6H. The molecular weight excluding hydrogens is 239 g/mol. The highest BCUT2D eigenvalue weighted by Crippen LogP contribution is 2.32. The summed E-state index contributed by atoms with van der Waals surface area (Å²) in [6, 6.07) is 6.50. The maximum atomic E-state index is 12.4. The van der Waals surface area contributed by atoms with Crippen molar-refractivity contribution in [2.45, 2.75) is 6.18 Å². The molecule has 0 saturated carbocycles. The number of hydrogen-bond donors (Lipinski definition) is 0. The normalized spacial score (nSPS) is 12.4. The third kappa shape index (κ3) is 2.38. The lowest BCUT2D eigenvalue weighted by atomic mass is 10.0. The maximum absolute atomic E-state index is 12.4. The average molecular weight is 245 g/mol. The van der Waals surface area contributed by atoms with Crippen LogP contribution in [0.25, 0.3) is 10.8 Å². The van der Waals surface area contributed by atoms with E-state index in [2.05, 4.69) is 0 Å². The molecule has 1 radical (unpaired) electrons. The van der Waals surface area contributed by atoms with Gasteiger partial charge in [-0.2, -0.15) is 22.0 Å². The molecule has 0 aliphatic heterocycles. The predicted molar refractivity (Wildman–Crippen MR) is 53.5 cm³/mol. The zero-order chi connectivity index (χ0) is 12.6. The summed E-state index contributed by atoms with van der Waals surface area (Å²) in [5.74, 6) is 0. The molecular formula is C12H6F5. The van der Waals surface area contributed by atoms with Crippen molar-refractivity contribution in [1.29, 1.82) is 0 Å². The lowest BCUT2D eigenvalue weighted by Crippen LogP contribution is -2.04. The molecule has 89 valence electrons. The largest absolute Gasteiger partial charge is 0.416 e. The summed E-state index contributed by atoms with van der Waals surface area (Å²) in [6.45, 7) is 0. The molecule has 0 saturated heterocycles. The second kappa shape index (κ2) is 3.98. The fourth-order valence-electron chi connectivity index (χ4n) is 1.54. The zero-order valence-electron chi connectivity index (χ0n) is 8.35. The Bertz CT molecular complexity index is 542. The Hall–Kier alpha value is -1.65. The Morgan fingerprint density at radius 2 is 1.41 bits per heavy atom. The summed E-state index contributed by atoms with van der Waals surface area (Å²) in [6.07, 6.45) is -6.28. The number of hydrogen-bond acceptors (Lipinski definition) is 0. The van der Waals surface area contributed by atoms with Gasteiger partial charge in [-0.05, 0) is 29.0 Å². The van der Waals surface area contributed by atoms with Crippen LogP contribution in [0.2, 0.25) is 0 Å². The van der Waals surface area contributed by atoms with E-state index in [9.17, 15) is 22.0 Å². The van der Waals surface area contributed by atoms with E-state index in [1.165, 1.54) is 12.1 Å². The van der Waals surface area contributed by atoms with Crippen molar-refractivity contribution >= 4 is 10.8 Å². The lowest BCUT2D eigenvalue weighted by molar-refractivity contribution is -0.137. The number of benzene rings is 2. The SMILES string of the molecule is F[C](F)c1ccc2cc(C(F)(F)F)ccc2c1. The van der Waals surface area contributed by atoms with Gasteiger partial charge in [-0.1, -0.05) is 18.2 Å². The van der Waals surface area contributed by atoms with E-state index in [0.29, 0.717) is 5.39 Å². The third-order valence-corrected chi connectivity index (χ3v) is 2.39. The van der Waals surface area contributed by atoms with Gasteiger partial charge in [0.25, 0.3) is 0 Å². The summed E-state index contributed by atoms with van der Waals surface area (Å²) in [7, 11) is 0. The molecule has 0 aliphatic carbocycles. The Balaban J connectivity index is 2.54. The average Bonchev–Trinajstić information content (AvgIpc) is 2.26. The number of rotatable bonds is 1. The summed E-state index contributed by atoms with van der Waals surface area (Å²) in [5, 5.41) is 0.633. The molecule has 0 unspecified atom stereocenters. The molecule has 2 aromatic carbocycles. The minimum absolute atomic E-state index is 0.280. The molecule has 5 heteroatoms. The Labute approximate surface area is 93.7 Å². The van der Waals surface area contributed by atoms with E-state index in [4.69, 9.17) is 0 Å². The van der Waals surface area contributed by atoms with Gasteiger partial charge < -0.3 is 0 Å². The van der Waals surface area contributed by atoms with Crippen LogP contribution in [-0.2, 0) is 6.18 Å². The van der Waals surface area contributed by atoms with Gasteiger partial charge in [0.15, 0.2) is 0 Å². The van der Waals surface area contributed by atoms with Crippen LogP contribution in [0, 0.1) is 6.43 Å². The van der Waals surface area contributed by atoms with Crippen LogP contribution < -0.4 is 0 Å². The van der Waals surface area contributed by atoms with Crippen molar-refractivity contribution in [3.05, 3.63) is 54.0 Å². The van der Waals surface area contributed by atoms with Gasteiger partial charge in [-0.15, -0.1) is 0 Å². The molecule has 0 spiro atoms. The van der Waals surface area contributed by atoms with Gasteiger partial charge >= 0.3 is 12.6 Å². The molecule has 0 amide bonds. The monoisotopic (exact) mass is 245 g/mol. The third-order valence-electron chi connectivity index (χ3n) is 2.39. The number of fused-ring (bicyclic) bond motifs is 1. The van der Waals surface area contributed by atoms with Crippen LogP contribution in [0.4, 0.5) is 22.0 Å². The molecule has 0 bridgehead atoms. The van der Waals surface area contributed by atoms with Crippen molar-refractivity contribution in [1.82, 2.24) is 0 Å².